The van der Waals surface area contributed by atoms with Gasteiger partial charge in [0.05, 0.1) is 36.5 Å². The van der Waals surface area contributed by atoms with Gasteiger partial charge in [-0.2, -0.15) is 0 Å². The van der Waals surface area contributed by atoms with Crippen molar-refractivity contribution < 1.29 is 27.8 Å². The van der Waals surface area contributed by atoms with Crippen LogP contribution < -0.4 is 15.4 Å². The lowest BCUT2D eigenvalue weighted by Gasteiger charge is -2.27. The van der Waals surface area contributed by atoms with Crippen LogP contribution in [-0.4, -0.2) is 57.1 Å². The lowest BCUT2D eigenvalue weighted by molar-refractivity contribution is -0.135. The molecule has 0 saturated carbocycles. The molecule has 0 spiro atoms. The molecule has 4 rings (SSSR count). The maximum atomic E-state index is 13.7. The first-order valence-corrected chi connectivity index (χ1v) is 16.3. The molecule has 0 saturated heterocycles. The summed E-state index contributed by atoms with van der Waals surface area (Å²) in [7, 11) is -2.02. The van der Waals surface area contributed by atoms with Gasteiger partial charge in [0.1, 0.15) is 11.9 Å². The Balaban J connectivity index is 0.00000552. The number of benzene rings is 4. The Bertz CT molecular complexity index is 1540. The van der Waals surface area contributed by atoms with Crippen LogP contribution in [-0.2, 0) is 38.9 Å². The predicted octanol–water partition coefficient (Wildman–Crippen LogP) is 4.74. The molecule has 240 valence electrons. The van der Waals surface area contributed by atoms with Crippen molar-refractivity contribution in [3.63, 3.8) is 0 Å². The number of amides is 1. The zero-order chi connectivity index (χ0) is 31.2. The van der Waals surface area contributed by atoms with E-state index in [4.69, 9.17) is 9.47 Å². The number of rotatable bonds is 17. The first-order valence-electron chi connectivity index (χ1n) is 14.6. The van der Waals surface area contributed by atoms with Crippen molar-refractivity contribution in [1.29, 1.82) is 0 Å². The predicted molar refractivity (Wildman–Crippen MR) is 178 cm³/mol. The van der Waals surface area contributed by atoms with E-state index >= 15 is 0 Å². The van der Waals surface area contributed by atoms with E-state index in [-0.39, 0.29) is 42.6 Å². The van der Waals surface area contributed by atoms with E-state index in [9.17, 15) is 18.3 Å². The highest BCUT2D eigenvalue weighted by Crippen LogP contribution is 2.16. The minimum absolute atomic E-state index is 0. The van der Waals surface area contributed by atoms with Gasteiger partial charge < -0.3 is 25.2 Å². The van der Waals surface area contributed by atoms with Crippen LogP contribution in [0.4, 0.5) is 0 Å². The van der Waals surface area contributed by atoms with Crippen molar-refractivity contribution in [1.82, 2.24) is 10.6 Å². The average molecular weight is 653 g/mol. The van der Waals surface area contributed by atoms with Gasteiger partial charge in [0.15, 0.2) is 9.84 Å². The van der Waals surface area contributed by atoms with Crippen LogP contribution in [0, 0.1) is 0 Å². The number of hydrogen-bond acceptors (Lipinski definition) is 7. The highest BCUT2D eigenvalue weighted by Gasteiger charge is 2.28. The molecule has 0 fully saturated rings. The summed E-state index contributed by atoms with van der Waals surface area (Å²) >= 11 is 0. The van der Waals surface area contributed by atoms with E-state index < -0.39 is 34.0 Å². The molecule has 0 aliphatic heterocycles. The molecule has 10 heteroatoms. The number of ether oxygens (including phenoxy) is 2. The van der Waals surface area contributed by atoms with Crippen molar-refractivity contribution in [3.8, 4) is 5.75 Å². The van der Waals surface area contributed by atoms with Crippen molar-refractivity contribution in [2.75, 3.05) is 19.4 Å². The molecule has 1 unspecified atom stereocenters. The largest absolute Gasteiger partial charge is 0.497 e. The molecule has 0 aromatic heterocycles. The maximum Gasteiger partial charge on any atom is 0.249 e. The molecule has 4 aromatic rings. The molecular formula is C35H41ClN2O6S. The van der Waals surface area contributed by atoms with Crippen molar-refractivity contribution >= 4 is 28.2 Å². The van der Waals surface area contributed by atoms with Crippen LogP contribution in [0.2, 0.25) is 0 Å². The SMILES string of the molecule is COc1cccc(CNC[C@H](O)[C@H](Cc2ccccc2)NC(=O)C(CCS(=O)(=O)c2ccccc2)OCc2ccccc2)c1.Cl. The second-order valence-electron chi connectivity index (χ2n) is 10.6. The molecule has 0 radical (unpaired) electrons. The van der Waals surface area contributed by atoms with Crippen LogP contribution in [0.15, 0.2) is 120 Å². The summed E-state index contributed by atoms with van der Waals surface area (Å²) in [5, 5.41) is 17.5. The van der Waals surface area contributed by atoms with Crippen LogP contribution >= 0.6 is 12.4 Å². The minimum atomic E-state index is -3.64. The Morgan fingerprint density at radius 2 is 1.42 bits per heavy atom. The molecule has 3 atom stereocenters. The van der Waals surface area contributed by atoms with Gasteiger partial charge in [0, 0.05) is 13.1 Å². The number of carbonyl (C=O) groups is 1. The number of aliphatic hydroxyl groups is 1. The monoisotopic (exact) mass is 652 g/mol. The van der Waals surface area contributed by atoms with Crippen LogP contribution in [0.3, 0.4) is 0 Å². The number of sulfone groups is 1. The van der Waals surface area contributed by atoms with E-state index in [0.29, 0.717) is 13.0 Å². The normalized spacial score (nSPS) is 13.2. The maximum absolute atomic E-state index is 13.7. The first kappa shape index (κ1) is 35.7. The number of aliphatic hydroxyl groups excluding tert-OH is 1. The van der Waals surface area contributed by atoms with Gasteiger partial charge >= 0.3 is 0 Å². The Morgan fingerprint density at radius 1 is 0.822 bits per heavy atom. The molecular weight excluding hydrogens is 612 g/mol. The molecule has 0 bridgehead atoms. The summed E-state index contributed by atoms with van der Waals surface area (Å²) in [6, 6.07) is 34.1. The summed E-state index contributed by atoms with van der Waals surface area (Å²) < 4.78 is 37.4. The summed E-state index contributed by atoms with van der Waals surface area (Å²) in [6.45, 7) is 0.853. The van der Waals surface area contributed by atoms with E-state index in [2.05, 4.69) is 10.6 Å². The Labute approximate surface area is 272 Å². The van der Waals surface area contributed by atoms with E-state index in [1.807, 2.05) is 84.9 Å². The van der Waals surface area contributed by atoms with Crippen LogP contribution in [0.1, 0.15) is 23.1 Å². The van der Waals surface area contributed by atoms with Gasteiger partial charge in [-0.15, -0.1) is 12.4 Å². The molecule has 0 heterocycles. The fourth-order valence-electron chi connectivity index (χ4n) is 4.79. The molecule has 45 heavy (non-hydrogen) atoms. The lowest BCUT2D eigenvalue weighted by atomic mass is 10.0. The fraction of sp³-hybridized carbons (Fsp3) is 0.286. The van der Waals surface area contributed by atoms with Crippen LogP contribution in [0.5, 0.6) is 5.75 Å². The molecule has 8 nitrogen and oxygen atoms in total. The lowest BCUT2D eigenvalue weighted by Crippen LogP contribution is -2.51. The number of halogens is 1. The minimum Gasteiger partial charge on any atom is -0.497 e. The zero-order valence-corrected chi connectivity index (χ0v) is 26.9. The number of hydrogen-bond donors (Lipinski definition) is 3. The Kier molecular flexibility index (Phi) is 14.5. The fourth-order valence-corrected chi connectivity index (χ4v) is 6.12. The van der Waals surface area contributed by atoms with E-state index in [1.54, 1.807) is 37.4 Å². The molecule has 3 N–H and O–H groups in total. The second kappa shape index (κ2) is 18.3. The second-order valence-corrected chi connectivity index (χ2v) is 12.7. The van der Waals surface area contributed by atoms with Gasteiger partial charge in [0.2, 0.25) is 5.91 Å². The standard InChI is InChI=1S/C35H40N2O6S.ClH/c1-42-30-17-11-16-29(22-30)24-36-25-33(38)32(23-27-12-5-2-6-13-27)37-35(39)34(43-26-28-14-7-3-8-15-28)20-21-44(40,41)31-18-9-4-10-19-31;/h2-19,22,32-34,36,38H,20-21,23-26H2,1H3,(H,37,39);1H/t32-,33-,34?;/m0./s1. The van der Waals surface area contributed by atoms with Gasteiger partial charge in [-0.3, -0.25) is 4.79 Å². The smallest absolute Gasteiger partial charge is 0.249 e. The van der Waals surface area contributed by atoms with Crippen LogP contribution in [0.25, 0.3) is 0 Å². The molecule has 0 aliphatic rings. The topological polar surface area (TPSA) is 114 Å². The average Bonchev–Trinajstić information content (AvgIpc) is 3.05. The molecule has 4 aromatic carbocycles. The van der Waals surface area contributed by atoms with Crippen molar-refractivity contribution in [3.05, 3.63) is 132 Å². The summed E-state index contributed by atoms with van der Waals surface area (Å²) in [6.07, 6.45) is -1.66. The van der Waals surface area contributed by atoms with E-state index in [0.717, 1.165) is 22.4 Å². The Morgan fingerprint density at radius 3 is 2.07 bits per heavy atom. The first-order chi connectivity index (χ1) is 21.3. The third kappa shape index (κ3) is 11.6. The highest BCUT2D eigenvalue weighted by molar-refractivity contribution is 7.91. The van der Waals surface area contributed by atoms with Gasteiger partial charge in [-0.1, -0.05) is 91.0 Å². The van der Waals surface area contributed by atoms with Gasteiger partial charge in [-0.25, -0.2) is 8.42 Å². The van der Waals surface area contributed by atoms with E-state index in [1.165, 1.54) is 0 Å². The number of methoxy groups -OCH3 is 1. The zero-order valence-electron chi connectivity index (χ0n) is 25.2. The summed E-state index contributed by atoms with van der Waals surface area (Å²) in [4.78, 5) is 13.9. The molecule has 1 amide bonds. The van der Waals surface area contributed by atoms with Crippen molar-refractivity contribution in [2.24, 2.45) is 0 Å². The molecule has 0 aliphatic carbocycles. The quantitative estimate of drug-likeness (QED) is 0.151. The van der Waals surface area contributed by atoms with Gasteiger partial charge in [-0.05, 0) is 53.8 Å². The highest BCUT2D eigenvalue weighted by atomic mass is 35.5. The number of nitrogens with one attached hydrogen (secondary N) is 2. The summed E-state index contributed by atoms with van der Waals surface area (Å²) in [5.74, 6) is 0.00426. The third-order valence-corrected chi connectivity index (χ3v) is 9.01. The van der Waals surface area contributed by atoms with Crippen molar-refractivity contribution in [2.45, 2.75) is 49.1 Å². The van der Waals surface area contributed by atoms with Gasteiger partial charge in [0.25, 0.3) is 0 Å². The third-order valence-electron chi connectivity index (χ3n) is 7.24. The summed E-state index contributed by atoms with van der Waals surface area (Å²) in [5.41, 5.74) is 2.80. The Hall–Kier alpha value is -3.73. The number of carbonyl (C=O) groups excluding carboxylic acids is 1.